The predicted octanol–water partition coefficient (Wildman–Crippen LogP) is 3.04. The van der Waals surface area contributed by atoms with Crippen molar-refractivity contribution in [2.24, 2.45) is 0 Å². The van der Waals surface area contributed by atoms with Gasteiger partial charge in [0, 0.05) is 32.9 Å². The normalized spacial score (nSPS) is 14.7. The van der Waals surface area contributed by atoms with Gasteiger partial charge in [-0.25, -0.2) is 0 Å². The fourth-order valence-corrected chi connectivity index (χ4v) is 2.74. The van der Waals surface area contributed by atoms with Crippen molar-refractivity contribution < 1.29 is 0 Å². The number of benzene rings is 2. The number of hydrogen-bond acceptors (Lipinski definition) is 3. The summed E-state index contributed by atoms with van der Waals surface area (Å²) in [6.07, 6.45) is 0. The number of rotatable bonds is 3. The molecule has 0 spiro atoms. The van der Waals surface area contributed by atoms with Gasteiger partial charge < -0.3 is 14.7 Å². The molecule has 0 bridgehead atoms. The van der Waals surface area contributed by atoms with Crippen molar-refractivity contribution >= 4 is 17.1 Å². The number of nitrogens with zero attached hydrogens (tertiary/aromatic N) is 3. The minimum Gasteiger partial charge on any atom is -0.376 e. The largest absolute Gasteiger partial charge is 0.376 e. The van der Waals surface area contributed by atoms with E-state index in [0.717, 1.165) is 19.8 Å². The molecule has 3 nitrogen and oxygen atoms in total. The minimum absolute atomic E-state index is 0.953. The molecule has 104 valence electrons. The third-order valence-electron chi connectivity index (χ3n) is 3.81. The summed E-state index contributed by atoms with van der Waals surface area (Å²) < 4.78 is 0. The zero-order valence-electron chi connectivity index (χ0n) is 12.2. The summed E-state index contributed by atoms with van der Waals surface area (Å²) in [6, 6.07) is 19.3. The molecule has 1 heterocycles. The van der Waals surface area contributed by atoms with Crippen LogP contribution in [0.25, 0.3) is 0 Å². The van der Waals surface area contributed by atoms with Crippen LogP contribution in [0.1, 0.15) is 0 Å². The predicted molar refractivity (Wildman–Crippen MR) is 86.8 cm³/mol. The molecule has 20 heavy (non-hydrogen) atoms. The van der Waals surface area contributed by atoms with E-state index < -0.39 is 0 Å². The van der Waals surface area contributed by atoms with Crippen LogP contribution in [0.4, 0.5) is 17.1 Å². The Kier molecular flexibility index (Phi) is 3.50. The van der Waals surface area contributed by atoms with Crippen molar-refractivity contribution in [3.05, 3.63) is 54.6 Å². The molecule has 0 aliphatic carbocycles. The highest BCUT2D eigenvalue weighted by atomic mass is 15.4. The lowest BCUT2D eigenvalue weighted by atomic mass is 10.2. The van der Waals surface area contributed by atoms with Crippen LogP contribution < -0.4 is 14.7 Å². The highest BCUT2D eigenvalue weighted by molar-refractivity contribution is 5.72. The van der Waals surface area contributed by atoms with Crippen LogP contribution in [-0.4, -0.2) is 33.9 Å². The van der Waals surface area contributed by atoms with Crippen LogP contribution in [-0.2, 0) is 0 Å². The average molecular weight is 267 g/mol. The maximum absolute atomic E-state index is 2.45. The van der Waals surface area contributed by atoms with Gasteiger partial charge in [0.25, 0.3) is 0 Å². The monoisotopic (exact) mass is 267 g/mol. The second kappa shape index (κ2) is 5.45. The molecule has 0 saturated carbocycles. The summed E-state index contributed by atoms with van der Waals surface area (Å²) in [7, 11) is 4.20. The standard InChI is InChI=1S/C17H21N3/c1-18(2)16-10-6-7-11-17(16)20-13-12-19(14-20)15-8-4-3-5-9-15/h3-11H,12-14H2,1-2H3. The molecule has 0 N–H and O–H groups in total. The van der Waals surface area contributed by atoms with E-state index in [2.05, 4.69) is 83.4 Å². The van der Waals surface area contributed by atoms with Gasteiger partial charge in [0.15, 0.2) is 0 Å². The molecule has 0 amide bonds. The lowest BCUT2D eigenvalue weighted by Crippen LogP contribution is -2.26. The van der Waals surface area contributed by atoms with Crippen molar-refractivity contribution in [1.29, 1.82) is 0 Å². The molecule has 0 unspecified atom stereocenters. The first-order valence-corrected chi connectivity index (χ1v) is 7.07. The quantitative estimate of drug-likeness (QED) is 0.846. The van der Waals surface area contributed by atoms with Crippen LogP contribution in [0, 0.1) is 0 Å². The maximum Gasteiger partial charge on any atom is 0.0905 e. The first-order chi connectivity index (χ1) is 9.75. The molecule has 1 aliphatic heterocycles. The Morgan fingerprint density at radius 2 is 1.45 bits per heavy atom. The Balaban J connectivity index is 1.81. The fraction of sp³-hybridized carbons (Fsp3) is 0.294. The average Bonchev–Trinajstić information content (AvgIpc) is 2.98. The molecule has 3 rings (SSSR count). The van der Waals surface area contributed by atoms with Crippen molar-refractivity contribution in [2.45, 2.75) is 0 Å². The first-order valence-electron chi connectivity index (χ1n) is 7.07. The van der Waals surface area contributed by atoms with Crippen LogP contribution >= 0.6 is 0 Å². The lowest BCUT2D eigenvalue weighted by molar-refractivity contribution is 0.944. The summed E-state index contributed by atoms with van der Waals surface area (Å²) in [5, 5.41) is 0. The smallest absolute Gasteiger partial charge is 0.0905 e. The van der Waals surface area contributed by atoms with Crippen molar-refractivity contribution in [2.75, 3.05) is 48.6 Å². The van der Waals surface area contributed by atoms with Gasteiger partial charge in [-0.3, -0.25) is 0 Å². The molecule has 0 atom stereocenters. The highest BCUT2D eigenvalue weighted by Gasteiger charge is 2.22. The molecule has 1 aliphatic rings. The van der Waals surface area contributed by atoms with Crippen LogP contribution in [0.15, 0.2) is 54.6 Å². The van der Waals surface area contributed by atoms with Gasteiger partial charge >= 0.3 is 0 Å². The number of anilines is 3. The Bertz CT molecular complexity index is 565. The number of hydrogen-bond donors (Lipinski definition) is 0. The van der Waals surface area contributed by atoms with Gasteiger partial charge in [0.2, 0.25) is 0 Å². The van der Waals surface area contributed by atoms with E-state index in [1.807, 2.05) is 0 Å². The van der Waals surface area contributed by atoms with Crippen molar-refractivity contribution in [1.82, 2.24) is 0 Å². The Labute approximate surface area is 121 Å². The number of para-hydroxylation sites is 3. The minimum atomic E-state index is 0.953. The van der Waals surface area contributed by atoms with Gasteiger partial charge in [-0.15, -0.1) is 0 Å². The van der Waals surface area contributed by atoms with E-state index in [1.54, 1.807) is 0 Å². The SMILES string of the molecule is CN(C)c1ccccc1N1CCN(c2ccccc2)C1. The molecule has 2 aromatic carbocycles. The van der Waals surface area contributed by atoms with Gasteiger partial charge in [0.05, 0.1) is 18.0 Å². The first kappa shape index (κ1) is 12.9. The molecule has 1 saturated heterocycles. The van der Waals surface area contributed by atoms with E-state index in [-0.39, 0.29) is 0 Å². The third kappa shape index (κ3) is 2.44. The second-order valence-electron chi connectivity index (χ2n) is 5.39. The van der Waals surface area contributed by atoms with E-state index in [0.29, 0.717) is 0 Å². The fourth-order valence-electron chi connectivity index (χ4n) is 2.74. The van der Waals surface area contributed by atoms with Gasteiger partial charge in [-0.1, -0.05) is 30.3 Å². The summed E-state index contributed by atoms with van der Waals surface area (Å²) in [5.74, 6) is 0. The zero-order valence-corrected chi connectivity index (χ0v) is 12.2. The Hall–Kier alpha value is -2.16. The molecule has 2 aromatic rings. The Morgan fingerprint density at radius 1 is 0.800 bits per heavy atom. The summed E-state index contributed by atoms with van der Waals surface area (Å²) in [6.45, 7) is 3.10. The van der Waals surface area contributed by atoms with Crippen LogP contribution in [0.3, 0.4) is 0 Å². The van der Waals surface area contributed by atoms with E-state index >= 15 is 0 Å². The van der Waals surface area contributed by atoms with Crippen molar-refractivity contribution in [3.63, 3.8) is 0 Å². The molecule has 0 aromatic heterocycles. The van der Waals surface area contributed by atoms with Gasteiger partial charge in [0.1, 0.15) is 0 Å². The zero-order chi connectivity index (χ0) is 13.9. The van der Waals surface area contributed by atoms with Crippen LogP contribution in [0.2, 0.25) is 0 Å². The van der Waals surface area contributed by atoms with E-state index in [1.165, 1.54) is 17.1 Å². The molecule has 0 radical (unpaired) electrons. The lowest BCUT2D eigenvalue weighted by Gasteiger charge is -2.26. The topological polar surface area (TPSA) is 9.72 Å². The highest BCUT2D eigenvalue weighted by Crippen LogP contribution is 2.30. The Morgan fingerprint density at radius 3 is 2.20 bits per heavy atom. The van der Waals surface area contributed by atoms with Crippen molar-refractivity contribution in [3.8, 4) is 0 Å². The summed E-state index contributed by atoms with van der Waals surface area (Å²) >= 11 is 0. The van der Waals surface area contributed by atoms with E-state index in [4.69, 9.17) is 0 Å². The van der Waals surface area contributed by atoms with Gasteiger partial charge in [-0.2, -0.15) is 0 Å². The molecule has 3 heteroatoms. The summed E-state index contributed by atoms with van der Waals surface area (Å²) in [4.78, 5) is 7.05. The summed E-state index contributed by atoms with van der Waals surface area (Å²) in [5.41, 5.74) is 3.90. The van der Waals surface area contributed by atoms with E-state index in [9.17, 15) is 0 Å². The van der Waals surface area contributed by atoms with Gasteiger partial charge in [-0.05, 0) is 24.3 Å². The van der Waals surface area contributed by atoms with Crippen LogP contribution in [0.5, 0.6) is 0 Å². The third-order valence-corrected chi connectivity index (χ3v) is 3.81. The molecule has 1 fully saturated rings. The maximum atomic E-state index is 2.45. The molecular weight excluding hydrogens is 246 g/mol. The second-order valence-corrected chi connectivity index (χ2v) is 5.39. The molecular formula is C17H21N3.